The second-order valence-corrected chi connectivity index (χ2v) is 5.71. The van der Waals surface area contributed by atoms with Crippen molar-refractivity contribution in [1.29, 1.82) is 0 Å². The van der Waals surface area contributed by atoms with Gasteiger partial charge in [-0.05, 0) is 35.2 Å². The Bertz CT molecular complexity index is 549. The van der Waals surface area contributed by atoms with Crippen molar-refractivity contribution < 1.29 is 4.74 Å². The fourth-order valence-corrected chi connectivity index (χ4v) is 2.59. The van der Waals surface area contributed by atoms with Gasteiger partial charge in [0.15, 0.2) is 0 Å². The van der Waals surface area contributed by atoms with E-state index in [1.165, 1.54) is 11.1 Å². The molecule has 2 aromatic carbocycles. The summed E-state index contributed by atoms with van der Waals surface area (Å²) in [6.45, 7) is 5.27. The Hall–Kier alpha value is -1.96. The van der Waals surface area contributed by atoms with E-state index in [1.807, 2.05) is 12.1 Å². The van der Waals surface area contributed by atoms with Crippen molar-refractivity contribution >= 4 is 5.69 Å². The fourth-order valence-electron chi connectivity index (χ4n) is 2.59. The molecule has 1 heterocycles. The summed E-state index contributed by atoms with van der Waals surface area (Å²) in [5.74, 6) is 1.62. The molecule has 0 saturated heterocycles. The molecular weight excluding hydrogens is 246 g/mol. The van der Waals surface area contributed by atoms with E-state index in [2.05, 4.69) is 55.6 Å². The molecule has 1 N–H and O–H groups in total. The molecule has 0 radical (unpaired) electrons. The van der Waals surface area contributed by atoms with Gasteiger partial charge in [0.25, 0.3) is 0 Å². The molecule has 3 rings (SSSR count). The molecule has 0 aromatic heterocycles. The van der Waals surface area contributed by atoms with E-state index in [0.29, 0.717) is 5.92 Å². The zero-order valence-corrected chi connectivity index (χ0v) is 12.1. The van der Waals surface area contributed by atoms with Crippen LogP contribution in [-0.4, -0.2) is 12.6 Å². The number of anilines is 1. The van der Waals surface area contributed by atoms with Crippen LogP contribution in [0.15, 0.2) is 48.5 Å². The van der Waals surface area contributed by atoms with Crippen LogP contribution in [0.5, 0.6) is 5.75 Å². The Balaban J connectivity index is 1.56. The lowest BCUT2D eigenvalue weighted by Crippen LogP contribution is -2.23. The molecule has 0 saturated carbocycles. The van der Waals surface area contributed by atoms with E-state index in [9.17, 15) is 0 Å². The standard InChI is InChI=1S/C18H21NO/c1-13(2)14-7-9-16(10-8-14)19-12-17-11-15-5-3-4-6-18(15)20-17/h3-10,13,17,19H,11-12H2,1-2H3. The average molecular weight is 267 g/mol. The van der Waals surface area contributed by atoms with Crippen LogP contribution in [0.25, 0.3) is 0 Å². The summed E-state index contributed by atoms with van der Waals surface area (Å²) in [4.78, 5) is 0. The smallest absolute Gasteiger partial charge is 0.123 e. The average Bonchev–Trinajstić information content (AvgIpc) is 2.88. The first-order chi connectivity index (χ1) is 9.72. The van der Waals surface area contributed by atoms with Gasteiger partial charge in [0.1, 0.15) is 11.9 Å². The third-order valence-corrected chi connectivity index (χ3v) is 3.83. The Kier molecular flexibility index (Phi) is 3.64. The van der Waals surface area contributed by atoms with Gasteiger partial charge >= 0.3 is 0 Å². The number of hydrogen-bond donors (Lipinski definition) is 1. The molecule has 104 valence electrons. The quantitative estimate of drug-likeness (QED) is 0.895. The number of nitrogens with one attached hydrogen (secondary N) is 1. The van der Waals surface area contributed by atoms with Gasteiger partial charge in [0.2, 0.25) is 0 Å². The predicted molar refractivity (Wildman–Crippen MR) is 83.6 cm³/mol. The highest BCUT2D eigenvalue weighted by molar-refractivity contribution is 5.46. The third-order valence-electron chi connectivity index (χ3n) is 3.83. The molecular formula is C18H21NO. The summed E-state index contributed by atoms with van der Waals surface area (Å²) < 4.78 is 5.93. The minimum absolute atomic E-state index is 0.233. The maximum Gasteiger partial charge on any atom is 0.123 e. The first-order valence-corrected chi connectivity index (χ1v) is 7.31. The van der Waals surface area contributed by atoms with Gasteiger partial charge in [0.05, 0.1) is 6.54 Å². The third kappa shape index (κ3) is 2.79. The SMILES string of the molecule is CC(C)c1ccc(NCC2Cc3ccccc3O2)cc1. The summed E-state index contributed by atoms with van der Waals surface area (Å²) in [7, 11) is 0. The van der Waals surface area contributed by atoms with Crippen molar-refractivity contribution in [2.75, 3.05) is 11.9 Å². The molecule has 1 atom stereocenters. The largest absolute Gasteiger partial charge is 0.488 e. The van der Waals surface area contributed by atoms with Crippen molar-refractivity contribution in [3.05, 3.63) is 59.7 Å². The minimum atomic E-state index is 0.233. The van der Waals surface area contributed by atoms with E-state index in [-0.39, 0.29) is 6.10 Å². The monoisotopic (exact) mass is 267 g/mol. The summed E-state index contributed by atoms with van der Waals surface area (Å²) in [5, 5.41) is 3.46. The van der Waals surface area contributed by atoms with Crippen LogP contribution in [0.3, 0.4) is 0 Å². The van der Waals surface area contributed by atoms with Crippen LogP contribution >= 0.6 is 0 Å². The number of hydrogen-bond acceptors (Lipinski definition) is 2. The molecule has 0 bridgehead atoms. The predicted octanol–water partition coefficient (Wildman–Crippen LogP) is 4.23. The minimum Gasteiger partial charge on any atom is -0.488 e. The highest BCUT2D eigenvalue weighted by Crippen LogP contribution is 2.28. The Morgan fingerprint density at radius 3 is 2.55 bits per heavy atom. The second-order valence-electron chi connectivity index (χ2n) is 5.71. The molecule has 0 amide bonds. The van der Waals surface area contributed by atoms with Crippen molar-refractivity contribution in [2.24, 2.45) is 0 Å². The number of benzene rings is 2. The molecule has 1 aliphatic rings. The van der Waals surface area contributed by atoms with Crippen molar-refractivity contribution in [3.63, 3.8) is 0 Å². The summed E-state index contributed by atoms with van der Waals surface area (Å²) in [6, 6.07) is 17.0. The lowest BCUT2D eigenvalue weighted by Gasteiger charge is -2.13. The summed E-state index contributed by atoms with van der Waals surface area (Å²) in [6.07, 6.45) is 1.23. The van der Waals surface area contributed by atoms with Crippen LogP contribution in [-0.2, 0) is 6.42 Å². The first kappa shape index (κ1) is 13.0. The molecule has 1 unspecified atom stereocenters. The number of ether oxygens (including phenoxy) is 1. The Morgan fingerprint density at radius 1 is 1.10 bits per heavy atom. The van der Waals surface area contributed by atoms with E-state index in [1.54, 1.807) is 0 Å². The zero-order valence-electron chi connectivity index (χ0n) is 12.1. The molecule has 2 nitrogen and oxygen atoms in total. The topological polar surface area (TPSA) is 21.3 Å². The van der Waals surface area contributed by atoms with Crippen LogP contribution in [0.1, 0.15) is 30.9 Å². The van der Waals surface area contributed by atoms with E-state index >= 15 is 0 Å². The Labute approximate surface area is 120 Å². The number of rotatable bonds is 4. The fraction of sp³-hybridized carbons (Fsp3) is 0.333. The van der Waals surface area contributed by atoms with Gasteiger partial charge in [-0.15, -0.1) is 0 Å². The molecule has 2 aromatic rings. The van der Waals surface area contributed by atoms with E-state index in [0.717, 1.165) is 24.4 Å². The number of para-hydroxylation sites is 1. The molecule has 0 fully saturated rings. The summed E-state index contributed by atoms with van der Waals surface area (Å²) in [5.41, 5.74) is 3.85. The van der Waals surface area contributed by atoms with Crippen LogP contribution in [0.2, 0.25) is 0 Å². The first-order valence-electron chi connectivity index (χ1n) is 7.31. The molecule has 0 aliphatic carbocycles. The highest BCUT2D eigenvalue weighted by atomic mass is 16.5. The zero-order chi connectivity index (χ0) is 13.9. The lowest BCUT2D eigenvalue weighted by molar-refractivity contribution is 0.246. The van der Waals surface area contributed by atoms with Gasteiger partial charge in [-0.1, -0.05) is 44.2 Å². The maximum atomic E-state index is 5.93. The van der Waals surface area contributed by atoms with Gasteiger partial charge in [-0.2, -0.15) is 0 Å². The molecule has 1 aliphatic heterocycles. The van der Waals surface area contributed by atoms with Gasteiger partial charge in [-0.3, -0.25) is 0 Å². The second kappa shape index (κ2) is 5.58. The Morgan fingerprint density at radius 2 is 1.85 bits per heavy atom. The summed E-state index contributed by atoms with van der Waals surface area (Å²) >= 11 is 0. The lowest BCUT2D eigenvalue weighted by atomic mass is 10.0. The van der Waals surface area contributed by atoms with Crippen molar-refractivity contribution in [1.82, 2.24) is 0 Å². The highest BCUT2D eigenvalue weighted by Gasteiger charge is 2.21. The van der Waals surface area contributed by atoms with Crippen molar-refractivity contribution in [3.8, 4) is 5.75 Å². The maximum absolute atomic E-state index is 5.93. The molecule has 2 heteroatoms. The van der Waals surface area contributed by atoms with Gasteiger partial charge in [-0.25, -0.2) is 0 Å². The van der Waals surface area contributed by atoms with Gasteiger partial charge < -0.3 is 10.1 Å². The van der Waals surface area contributed by atoms with Crippen LogP contribution in [0, 0.1) is 0 Å². The normalized spacial score (nSPS) is 16.9. The van der Waals surface area contributed by atoms with Gasteiger partial charge in [0, 0.05) is 12.1 Å². The van der Waals surface area contributed by atoms with Crippen molar-refractivity contribution in [2.45, 2.75) is 32.3 Å². The molecule has 20 heavy (non-hydrogen) atoms. The van der Waals surface area contributed by atoms with Crippen LogP contribution in [0.4, 0.5) is 5.69 Å². The molecule has 0 spiro atoms. The van der Waals surface area contributed by atoms with E-state index < -0.39 is 0 Å². The van der Waals surface area contributed by atoms with E-state index in [4.69, 9.17) is 4.74 Å². The number of fused-ring (bicyclic) bond motifs is 1. The van der Waals surface area contributed by atoms with Crippen LogP contribution < -0.4 is 10.1 Å².